The zero-order valence-electron chi connectivity index (χ0n) is 9.84. The minimum atomic E-state index is -0.352. The Morgan fingerprint density at radius 1 is 1.42 bits per heavy atom. The van der Waals surface area contributed by atoms with E-state index < -0.39 is 0 Å². The first-order chi connectivity index (χ1) is 9.16. The molecule has 0 aliphatic heterocycles. The molecule has 0 spiro atoms. The van der Waals surface area contributed by atoms with E-state index in [1.165, 1.54) is 6.07 Å². The van der Waals surface area contributed by atoms with Crippen molar-refractivity contribution in [3.05, 3.63) is 47.4 Å². The maximum absolute atomic E-state index is 13.8. The molecule has 2 N–H and O–H groups in total. The van der Waals surface area contributed by atoms with Gasteiger partial charge in [-0.15, -0.1) is 11.3 Å². The van der Waals surface area contributed by atoms with Gasteiger partial charge in [0, 0.05) is 12.6 Å². The Balaban J connectivity index is 2.31. The van der Waals surface area contributed by atoms with Gasteiger partial charge in [-0.25, -0.2) is 9.37 Å². The lowest BCUT2D eigenvalue weighted by Gasteiger charge is -2.02. The summed E-state index contributed by atoms with van der Waals surface area (Å²) in [5.41, 5.74) is 7.50. The molecule has 3 aromatic rings. The largest absolute Gasteiger partial charge is 0.393 e. The van der Waals surface area contributed by atoms with Crippen LogP contribution in [0.1, 0.15) is 5.69 Å². The quantitative estimate of drug-likeness (QED) is 0.754. The average Bonchev–Trinajstić information content (AvgIpc) is 2.97. The normalized spacial score (nSPS) is 11.0. The summed E-state index contributed by atoms with van der Waals surface area (Å²) in [5, 5.41) is 1.96. The fraction of sp³-hybridized carbons (Fsp3) is 0.0769. The van der Waals surface area contributed by atoms with Gasteiger partial charge in [0.25, 0.3) is 0 Å². The van der Waals surface area contributed by atoms with Crippen molar-refractivity contribution in [2.45, 2.75) is 6.42 Å². The third kappa shape index (κ3) is 2.13. The van der Waals surface area contributed by atoms with Crippen molar-refractivity contribution < 1.29 is 4.39 Å². The van der Waals surface area contributed by atoms with Crippen molar-refractivity contribution in [3.63, 3.8) is 0 Å². The molecule has 0 aliphatic rings. The third-order valence-electron chi connectivity index (χ3n) is 2.80. The number of thiocarbonyl (C=S) groups is 1. The van der Waals surface area contributed by atoms with E-state index in [9.17, 15) is 4.39 Å². The van der Waals surface area contributed by atoms with Gasteiger partial charge in [0.1, 0.15) is 5.69 Å². The molecule has 0 saturated carbocycles. The fourth-order valence-electron chi connectivity index (χ4n) is 2.03. The summed E-state index contributed by atoms with van der Waals surface area (Å²) in [6.45, 7) is 0. The van der Waals surface area contributed by atoms with E-state index in [0.29, 0.717) is 17.1 Å². The van der Waals surface area contributed by atoms with Crippen molar-refractivity contribution in [2.75, 3.05) is 0 Å². The Hall–Kier alpha value is -1.79. The molecule has 0 fully saturated rings. The number of rotatable bonds is 3. The molecule has 0 aliphatic carbocycles. The van der Waals surface area contributed by atoms with Gasteiger partial charge in [0.15, 0.2) is 11.5 Å². The van der Waals surface area contributed by atoms with Crippen LogP contribution in [0.5, 0.6) is 0 Å². The van der Waals surface area contributed by atoms with Crippen molar-refractivity contribution in [2.24, 2.45) is 5.73 Å². The predicted octanol–water partition coefficient (Wildman–Crippen LogP) is 3.03. The topological polar surface area (TPSA) is 43.3 Å². The first-order valence-electron chi connectivity index (χ1n) is 5.64. The van der Waals surface area contributed by atoms with Crippen LogP contribution >= 0.6 is 23.6 Å². The van der Waals surface area contributed by atoms with Crippen molar-refractivity contribution in [1.29, 1.82) is 0 Å². The molecule has 0 saturated heterocycles. The number of pyridine rings is 1. The molecule has 3 aromatic heterocycles. The van der Waals surface area contributed by atoms with Crippen molar-refractivity contribution in [1.82, 2.24) is 9.38 Å². The molecule has 0 radical (unpaired) electrons. The highest BCUT2D eigenvalue weighted by molar-refractivity contribution is 7.80. The molecule has 3 nitrogen and oxygen atoms in total. The molecule has 0 unspecified atom stereocenters. The van der Waals surface area contributed by atoms with E-state index in [1.807, 2.05) is 17.5 Å². The maximum atomic E-state index is 13.8. The molecule has 6 heteroatoms. The van der Waals surface area contributed by atoms with Crippen LogP contribution in [-0.2, 0) is 6.42 Å². The Bertz CT molecular complexity index is 747. The van der Waals surface area contributed by atoms with Gasteiger partial charge in [-0.1, -0.05) is 18.3 Å². The van der Waals surface area contributed by atoms with Gasteiger partial charge in [-0.2, -0.15) is 0 Å². The second-order valence-electron chi connectivity index (χ2n) is 4.08. The van der Waals surface area contributed by atoms with E-state index >= 15 is 0 Å². The highest BCUT2D eigenvalue weighted by atomic mass is 32.1. The lowest BCUT2D eigenvalue weighted by molar-refractivity contribution is 0.629. The van der Waals surface area contributed by atoms with E-state index in [0.717, 1.165) is 16.3 Å². The molecular weight excluding hydrogens is 281 g/mol. The number of nitrogens with zero attached hydrogens (tertiary/aromatic N) is 2. The zero-order chi connectivity index (χ0) is 13.4. The number of nitrogens with two attached hydrogens (primary N) is 1. The van der Waals surface area contributed by atoms with Crippen LogP contribution in [-0.4, -0.2) is 14.4 Å². The zero-order valence-corrected chi connectivity index (χ0v) is 11.5. The second-order valence-corrected chi connectivity index (χ2v) is 5.55. The van der Waals surface area contributed by atoms with Gasteiger partial charge in [-0.3, -0.25) is 0 Å². The highest BCUT2D eigenvalue weighted by Gasteiger charge is 2.17. The standard InChI is InChI=1S/C13H10FN3S2/c14-8-3-1-5-17-9(7-11(15)18)12(16-13(8)17)10-4-2-6-19-10/h1-6H,7H2,(H2,15,18). The fourth-order valence-corrected chi connectivity index (χ4v) is 2.90. The van der Waals surface area contributed by atoms with Crippen molar-refractivity contribution >= 4 is 34.2 Å². The molecule has 0 amide bonds. The summed E-state index contributed by atoms with van der Waals surface area (Å²) in [5.74, 6) is -0.352. The van der Waals surface area contributed by atoms with E-state index in [2.05, 4.69) is 4.98 Å². The van der Waals surface area contributed by atoms with Gasteiger partial charge >= 0.3 is 0 Å². The van der Waals surface area contributed by atoms with E-state index in [4.69, 9.17) is 18.0 Å². The number of halogens is 1. The van der Waals surface area contributed by atoms with Crippen LogP contribution in [0.2, 0.25) is 0 Å². The van der Waals surface area contributed by atoms with Crippen molar-refractivity contribution in [3.8, 4) is 10.6 Å². The molecular formula is C13H10FN3S2. The first-order valence-corrected chi connectivity index (χ1v) is 6.93. The average molecular weight is 291 g/mol. The SMILES string of the molecule is NC(=S)Cc1c(-c2cccs2)nc2c(F)cccn12. The molecule has 3 heterocycles. The Morgan fingerprint density at radius 2 is 2.26 bits per heavy atom. The van der Waals surface area contributed by atoms with Gasteiger partial charge in [0.05, 0.1) is 15.6 Å². The van der Waals surface area contributed by atoms with Gasteiger partial charge < -0.3 is 10.1 Å². The summed E-state index contributed by atoms with van der Waals surface area (Å²) in [7, 11) is 0. The molecule has 0 aromatic carbocycles. The molecule has 0 atom stereocenters. The van der Waals surface area contributed by atoms with Crippen LogP contribution in [0.15, 0.2) is 35.8 Å². The second kappa shape index (κ2) is 4.71. The van der Waals surface area contributed by atoms with E-state index in [-0.39, 0.29) is 5.82 Å². The van der Waals surface area contributed by atoms with Gasteiger partial charge in [0.2, 0.25) is 0 Å². The number of hydrogen-bond acceptors (Lipinski definition) is 3. The minimum Gasteiger partial charge on any atom is -0.393 e. The van der Waals surface area contributed by atoms with Crippen LogP contribution in [0.4, 0.5) is 4.39 Å². The maximum Gasteiger partial charge on any atom is 0.174 e. The predicted molar refractivity (Wildman–Crippen MR) is 79.0 cm³/mol. The smallest absolute Gasteiger partial charge is 0.174 e. The number of thiophene rings is 1. The summed E-state index contributed by atoms with van der Waals surface area (Å²) >= 11 is 6.53. The van der Waals surface area contributed by atoms with Crippen LogP contribution < -0.4 is 5.73 Å². The highest BCUT2D eigenvalue weighted by Crippen LogP contribution is 2.29. The lowest BCUT2D eigenvalue weighted by Crippen LogP contribution is -2.13. The number of imidazole rings is 1. The minimum absolute atomic E-state index is 0.303. The lowest BCUT2D eigenvalue weighted by atomic mass is 10.2. The monoisotopic (exact) mass is 291 g/mol. The molecule has 96 valence electrons. The molecule has 3 rings (SSSR count). The van der Waals surface area contributed by atoms with Crippen LogP contribution in [0, 0.1) is 5.82 Å². The molecule has 19 heavy (non-hydrogen) atoms. The van der Waals surface area contributed by atoms with Crippen LogP contribution in [0.25, 0.3) is 16.2 Å². The Kier molecular flexibility index (Phi) is 3.04. The summed E-state index contributed by atoms with van der Waals surface area (Å²) < 4.78 is 15.5. The van der Waals surface area contributed by atoms with Gasteiger partial charge in [-0.05, 0) is 23.6 Å². The Morgan fingerprint density at radius 3 is 2.95 bits per heavy atom. The Labute approximate surface area is 118 Å². The summed E-state index contributed by atoms with van der Waals surface area (Å²) in [4.78, 5) is 5.74. The first kappa shape index (κ1) is 12.3. The molecule has 0 bridgehead atoms. The van der Waals surface area contributed by atoms with Crippen LogP contribution in [0.3, 0.4) is 0 Å². The number of aromatic nitrogens is 2. The number of fused-ring (bicyclic) bond motifs is 1. The van der Waals surface area contributed by atoms with E-state index in [1.54, 1.807) is 28.0 Å². The third-order valence-corrected chi connectivity index (χ3v) is 3.82. The number of hydrogen-bond donors (Lipinski definition) is 1. The summed E-state index contributed by atoms with van der Waals surface area (Å²) in [6.07, 6.45) is 2.17. The summed E-state index contributed by atoms with van der Waals surface area (Å²) in [6, 6.07) is 6.93.